The molecule has 0 saturated heterocycles. The van der Waals surface area contributed by atoms with E-state index in [-0.39, 0.29) is 5.91 Å². The van der Waals surface area contributed by atoms with Crippen LogP contribution in [0.15, 0.2) is 48.5 Å². The Labute approximate surface area is 131 Å². The lowest BCUT2D eigenvalue weighted by Crippen LogP contribution is -2.16. The smallest absolute Gasteiger partial charge is 0.226 e. The molecule has 22 heavy (non-hydrogen) atoms. The van der Waals surface area contributed by atoms with Crippen LogP contribution in [-0.4, -0.2) is 19.6 Å². The number of hydrogen-bond acceptors (Lipinski definition) is 3. The minimum Gasteiger partial charge on any atom is -0.497 e. The molecule has 2 aromatic rings. The summed E-state index contributed by atoms with van der Waals surface area (Å²) in [5.74, 6) is 0.796. The van der Waals surface area contributed by atoms with E-state index in [1.54, 1.807) is 7.11 Å². The van der Waals surface area contributed by atoms with Gasteiger partial charge in [-0.15, -0.1) is 0 Å². The van der Waals surface area contributed by atoms with Crippen molar-refractivity contribution < 1.29 is 9.53 Å². The molecule has 4 heteroatoms. The van der Waals surface area contributed by atoms with Gasteiger partial charge in [0.2, 0.25) is 5.91 Å². The van der Waals surface area contributed by atoms with E-state index in [1.807, 2.05) is 48.5 Å². The van der Waals surface area contributed by atoms with Gasteiger partial charge in [-0.2, -0.15) is 0 Å². The van der Waals surface area contributed by atoms with Gasteiger partial charge in [-0.3, -0.25) is 4.79 Å². The van der Waals surface area contributed by atoms with Crippen LogP contribution >= 0.6 is 0 Å². The van der Waals surface area contributed by atoms with Gasteiger partial charge in [0.05, 0.1) is 7.11 Å². The van der Waals surface area contributed by atoms with Crippen LogP contribution in [0.3, 0.4) is 0 Å². The third-order valence-corrected chi connectivity index (χ3v) is 3.40. The summed E-state index contributed by atoms with van der Waals surface area (Å²) in [4.78, 5) is 11.9. The highest BCUT2D eigenvalue weighted by atomic mass is 16.5. The topological polar surface area (TPSA) is 50.4 Å². The molecule has 116 valence electrons. The maximum atomic E-state index is 11.9. The predicted octanol–water partition coefficient (Wildman–Crippen LogP) is 3.70. The summed E-state index contributed by atoms with van der Waals surface area (Å²) in [5, 5.41) is 6.11. The maximum Gasteiger partial charge on any atom is 0.226 e. The summed E-state index contributed by atoms with van der Waals surface area (Å²) in [5.41, 5.74) is 3.04. The summed E-state index contributed by atoms with van der Waals surface area (Å²) in [6, 6.07) is 15.6. The molecule has 0 fully saturated rings. The first kappa shape index (κ1) is 15.9. The number of amides is 1. The predicted molar refractivity (Wildman–Crippen MR) is 90.6 cm³/mol. The minimum atomic E-state index is -0.000329. The number of carbonyl (C=O) groups excluding carboxylic acids is 1. The largest absolute Gasteiger partial charge is 0.497 e. The van der Waals surface area contributed by atoms with Crippen molar-refractivity contribution in [3.05, 3.63) is 54.1 Å². The van der Waals surface area contributed by atoms with E-state index in [2.05, 4.69) is 17.6 Å². The molecule has 0 radical (unpaired) electrons. The third-order valence-electron chi connectivity index (χ3n) is 3.40. The molecule has 0 spiro atoms. The summed E-state index contributed by atoms with van der Waals surface area (Å²) >= 11 is 0. The second-order valence-corrected chi connectivity index (χ2v) is 5.01. The number of methoxy groups -OCH3 is 1. The van der Waals surface area contributed by atoms with Crippen LogP contribution in [0.2, 0.25) is 0 Å². The van der Waals surface area contributed by atoms with Gasteiger partial charge in [0.25, 0.3) is 0 Å². The quantitative estimate of drug-likeness (QED) is 0.819. The van der Waals surface area contributed by atoms with Crippen LogP contribution in [-0.2, 0) is 11.2 Å². The molecule has 2 aromatic carbocycles. The van der Waals surface area contributed by atoms with Gasteiger partial charge in [-0.1, -0.05) is 25.1 Å². The molecule has 2 rings (SSSR count). The fraction of sp³-hybridized carbons (Fsp3) is 0.278. The molecule has 4 nitrogen and oxygen atoms in total. The molecule has 0 bridgehead atoms. The lowest BCUT2D eigenvalue weighted by atomic mass is 10.1. The van der Waals surface area contributed by atoms with Crippen LogP contribution in [0.25, 0.3) is 0 Å². The lowest BCUT2D eigenvalue weighted by molar-refractivity contribution is -0.115. The second kappa shape index (κ2) is 8.08. The number of rotatable bonds is 7. The average Bonchev–Trinajstić information content (AvgIpc) is 2.56. The highest BCUT2D eigenvalue weighted by molar-refractivity contribution is 5.91. The van der Waals surface area contributed by atoms with Crippen molar-refractivity contribution in [2.75, 3.05) is 24.3 Å². The van der Waals surface area contributed by atoms with Crippen molar-refractivity contribution in [3.8, 4) is 5.75 Å². The lowest BCUT2D eigenvalue weighted by Gasteiger charge is -2.09. The number of anilines is 2. The van der Waals surface area contributed by atoms with Crippen LogP contribution < -0.4 is 15.4 Å². The third kappa shape index (κ3) is 4.81. The van der Waals surface area contributed by atoms with Crippen molar-refractivity contribution in [2.45, 2.75) is 19.8 Å². The minimum absolute atomic E-state index is 0.000329. The first-order chi connectivity index (χ1) is 10.7. The van der Waals surface area contributed by atoms with E-state index in [4.69, 9.17) is 4.74 Å². The maximum absolute atomic E-state index is 11.9. The summed E-state index contributed by atoms with van der Waals surface area (Å²) in [7, 11) is 1.64. The van der Waals surface area contributed by atoms with E-state index in [9.17, 15) is 4.79 Å². The van der Waals surface area contributed by atoms with E-state index < -0.39 is 0 Å². The molecule has 0 aliphatic rings. The molecular formula is C18H22N2O2. The number of ether oxygens (including phenoxy) is 1. The zero-order valence-electron chi connectivity index (χ0n) is 13.1. The van der Waals surface area contributed by atoms with E-state index in [1.165, 1.54) is 5.56 Å². The van der Waals surface area contributed by atoms with Crippen molar-refractivity contribution in [1.29, 1.82) is 0 Å². The Hall–Kier alpha value is -2.49. The summed E-state index contributed by atoms with van der Waals surface area (Å²) < 4.78 is 5.16. The Bertz CT molecular complexity index is 609. The normalized spacial score (nSPS) is 10.1. The monoisotopic (exact) mass is 298 g/mol. The van der Waals surface area contributed by atoms with Crippen LogP contribution in [0.1, 0.15) is 18.9 Å². The molecular weight excluding hydrogens is 276 g/mol. The molecule has 0 aromatic heterocycles. The molecule has 2 N–H and O–H groups in total. The molecule has 0 aliphatic heterocycles. The van der Waals surface area contributed by atoms with Crippen LogP contribution in [0, 0.1) is 0 Å². The van der Waals surface area contributed by atoms with Crippen molar-refractivity contribution >= 4 is 17.3 Å². The van der Waals surface area contributed by atoms with Gasteiger partial charge < -0.3 is 15.4 Å². The first-order valence-electron chi connectivity index (χ1n) is 7.48. The highest BCUT2D eigenvalue weighted by Gasteiger charge is 2.02. The van der Waals surface area contributed by atoms with Crippen LogP contribution in [0.5, 0.6) is 5.75 Å². The second-order valence-electron chi connectivity index (χ2n) is 5.01. The number of carbonyl (C=O) groups is 1. The Kier molecular flexibility index (Phi) is 5.83. The molecule has 0 aliphatic carbocycles. The van der Waals surface area contributed by atoms with Gasteiger partial charge in [-0.05, 0) is 36.2 Å². The highest BCUT2D eigenvalue weighted by Crippen LogP contribution is 2.16. The van der Waals surface area contributed by atoms with Gasteiger partial charge in [-0.25, -0.2) is 0 Å². The average molecular weight is 298 g/mol. The Morgan fingerprint density at radius 2 is 1.86 bits per heavy atom. The molecule has 1 amide bonds. The molecule has 0 unspecified atom stereocenters. The van der Waals surface area contributed by atoms with Crippen molar-refractivity contribution in [3.63, 3.8) is 0 Å². The first-order valence-corrected chi connectivity index (χ1v) is 7.48. The van der Waals surface area contributed by atoms with E-state index in [0.717, 1.165) is 23.5 Å². The Morgan fingerprint density at radius 1 is 1.09 bits per heavy atom. The molecule has 0 saturated carbocycles. The van der Waals surface area contributed by atoms with Gasteiger partial charge in [0, 0.05) is 30.4 Å². The zero-order valence-corrected chi connectivity index (χ0v) is 13.1. The molecule has 0 atom stereocenters. The van der Waals surface area contributed by atoms with Crippen molar-refractivity contribution in [1.82, 2.24) is 0 Å². The van der Waals surface area contributed by atoms with Gasteiger partial charge in [0.1, 0.15) is 5.75 Å². The van der Waals surface area contributed by atoms with Crippen LogP contribution in [0.4, 0.5) is 11.4 Å². The number of nitrogens with one attached hydrogen (secondary N) is 2. The van der Waals surface area contributed by atoms with Gasteiger partial charge in [0.15, 0.2) is 0 Å². The fourth-order valence-electron chi connectivity index (χ4n) is 2.10. The zero-order chi connectivity index (χ0) is 15.8. The van der Waals surface area contributed by atoms with Crippen molar-refractivity contribution in [2.24, 2.45) is 0 Å². The standard InChI is InChI=1S/C18H22N2O2/c1-3-14-7-9-15(10-8-14)20-18(21)11-12-19-16-5-4-6-17(13-16)22-2/h4-10,13,19H,3,11-12H2,1-2H3,(H,20,21). The van der Waals surface area contributed by atoms with Gasteiger partial charge >= 0.3 is 0 Å². The number of aryl methyl sites for hydroxylation is 1. The fourth-order valence-corrected chi connectivity index (χ4v) is 2.10. The number of hydrogen-bond donors (Lipinski definition) is 2. The number of benzene rings is 2. The SMILES string of the molecule is CCc1ccc(NC(=O)CCNc2cccc(OC)c2)cc1. The van der Waals surface area contributed by atoms with E-state index >= 15 is 0 Å². The van der Waals surface area contributed by atoms with E-state index in [0.29, 0.717) is 13.0 Å². The summed E-state index contributed by atoms with van der Waals surface area (Å²) in [6.07, 6.45) is 1.41. The Balaban J connectivity index is 1.77. The molecule has 0 heterocycles. The Morgan fingerprint density at radius 3 is 2.55 bits per heavy atom. The summed E-state index contributed by atoms with van der Waals surface area (Å²) in [6.45, 7) is 2.68.